The summed E-state index contributed by atoms with van der Waals surface area (Å²) in [6, 6.07) is 9.67. The van der Waals surface area contributed by atoms with E-state index < -0.39 is 0 Å². The number of likely N-dealkylation sites (tertiary alicyclic amines) is 1. The number of hydrogen-bond acceptors (Lipinski definition) is 4. The summed E-state index contributed by atoms with van der Waals surface area (Å²) in [4.78, 5) is 14.5. The number of aromatic nitrogens is 2. The van der Waals surface area contributed by atoms with Gasteiger partial charge in [0, 0.05) is 30.2 Å². The molecule has 1 aromatic heterocycles. The van der Waals surface area contributed by atoms with Crippen LogP contribution in [0.4, 0.5) is 0 Å². The van der Waals surface area contributed by atoms with Gasteiger partial charge in [-0.3, -0.25) is 9.89 Å². The molecule has 7 heteroatoms. The van der Waals surface area contributed by atoms with Gasteiger partial charge in [0.1, 0.15) is 5.69 Å². The molecule has 0 spiro atoms. The van der Waals surface area contributed by atoms with Gasteiger partial charge in [-0.1, -0.05) is 28.1 Å². The highest BCUT2D eigenvalue weighted by atomic mass is 79.9. The topological polar surface area (TPSA) is 67.5 Å². The van der Waals surface area contributed by atoms with Crippen molar-refractivity contribution in [2.24, 2.45) is 0 Å². The van der Waals surface area contributed by atoms with Crippen LogP contribution in [0.15, 0.2) is 34.8 Å². The van der Waals surface area contributed by atoms with Gasteiger partial charge in [-0.15, -0.1) is 0 Å². The Kier molecular flexibility index (Phi) is 6.23. The van der Waals surface area contributed by atoms with E-state index in [1.165, 1.54) is 0 Å². The van der Waals surface area contributed by atoms with E-state index in [2.05, 4.69) is 26.1 Å². The van der Waals surface area contributed by atoms with Crippen LogP contribution in [0.2, 0.25) is 0 Å². The molecule has 0 saturated carbocycles. The maximum absolute atomic E-state index is 12.7. The van der Waals surface area contributed by atoms with Crippen molar-refractivity contribution >= 4 is 21.8 Å². The quantitative estimate of drug-likeness (QED) is 0.746. The molecule has 0 radical (unpaired) electrons. The van der Waals surface area contributed by atoms with Gasteiger partial charge in [-0.25, -0.2) is 0 Å². The molecule has 0 unspecified atom stereocenters. The van der Waals surface area contributed by atoms with Crippen LogP contribution in [0.3, 0.4) is 0 Å². The molecule has 3 rings (SSSR count). The SMILES string of the molecule is COCCOC1CCN(C(=O)c2cc(-c3ccc(Br)cc3)n[nH]2)CC1. The third-order valence-corrected chi connectivity index (χ3v) is 4.85. The Labute approximate surface area is 155 Å². The van der Waals surface area contributed by atoms with Crippen LogP contribution in [0, 0.1) is 0 Å². The number of piperidine rings is 1. The van der Waals surface area contributed by atoms with Crippen molar-refractivity contribution in [3.05, 3.63) is 40.5 Å². The summed E-state index contributed by atoms with van der Waals surface area (Å²) in [5.41, 5.74) is 2.27. The number of H-pyrrole nitrogens is 1. The Balaban J connectivity index is 1.56. The zero-order valence-corrected chi connectivity index (χ0v) is 15.8. The van der Waals surface area contributed by atoms with Gasteiger partial charge >= 0.3 is 0 Å². The zero-order valence-electron chi connectivity index (χ0n) is 14.2. The van der Waals surface area contributed by atoms with Crippen LogP contribution >= 0.6 is 15.9 Å². The largest absolute Gasteiger partial charge is 0.382 e. The van der Waals surface area contributed by atoms with E-state index in [0.29, 0.717) is 32.0 Å². The highest BCUT2D eigenvalue weighted by Gasteiger charge is 2.25. The molecule has 1 amide bonds. The number of aromatic amines is 1. The smallest absolute Gasteiger partial charge is 0.271 e. The molecule has 1 aliphatic rings. The third-order valence-electron chi connectivity index (χ3n) is 4.32. The van der Waals surface area contributed by atoms with Crippen molar-refractivity contribution in [2.45, 2.75) is 18.9 Å². The van der Waals surface area contributed by atoms with Crippen LogP contribution < -0.4 is 0 Å². The number of carbonyl (C=O) groups excluding carboxylic acids is 1. The summed E-state index contributed by atoms with van der Waals surface area (Å²) in [6.07, 6.45) is 1.91. The Bertz CT molecular complexity index is 694. The summed E-state index contributed by atoms with van der Waals surface area (Å²) in [6.45, 7) is 2.60. The van der Waals surface area contributed by atoms with Crippen molar-refractivity contribution in [1.29, 1.82) is 0 Å². The first-order valence-corrected chi connectivity index (χ1v) is 9.18. The fourth-order valence-electron chi connectivity index (χ4n) is 2.89. The number of rotatable bonds is 6. The number of benzene rings is 1. The van der Waals surface area contributed by atoms with Crippen LogP contribution in [-0.4, -0.2) is 60.5 Å². The maximum atomic E-state index is 12.7. The van der Waals surface area contributed by atoms with Gasteiger partial charge in [0.05, 0.1) is 25.0 Å². The van der Waals surface area contributed by atoms with Crippen LogP contribution in [0.1, 0.15) is 23.3 Å². The second kappa shape index (κ2) is 8.60. The lowest BCUT2D eigenvalue weighted by atomic mass is 10.1. The van der Waals surface area contributed by atoms with Crippen LogP contribution in [0.25, 0.3) is 11.3 Å². The van der Waals surface area contributed by atoms with Crippen LogP contribution in [-0.2, 0) is 9.47 Å². The average Bonchev–Trinajstić information content (AvgIpc) is 3.13. The molecule has 25 heavy (non-hydrogen) atoms. The lowest BCUT2D eigenvalue weighted by Gasteiger charge is -2.31. The first-order chi connectivity index (χ1) is 12.2. The Morgan fingerprint density at radius 2 is 2.00 bits per heavy atom. The molecule has 0 aliphatic carbocycles. The molecule has 1 aliphatic heterocycles. The van der Waals surface area contributed by atoms with Gasteiger partial charge < -0.3 is 14.4 Å². The highest BCUT2D eigenvalue weighted by molar-refractivity contribution is 9.10. The van der Waals surface area contributed by atoms with E-state index in [1.807, 2.05) is 35.2 Å². The lowest BCUT2D eigenvalue weighted by Crippen LogP contribution is -2.41. The first-order valence-electron chi connectivity index (χ1n) is 8.38. The standard InChI is InChI=1S/C18H22BrN3O3/c1-24-10-11-25-15-6-8-22(9-7-15)18(23)17-12-16(20-21-17)13-2-4-14(19)5-3-13/h2-5,12,15H,6-11H2,1H3,(H,20,21). The number of nitrogens with one attached hydrogen (secondary N) is 1. The molecule has 6 nitrogen and oxygen atoms in total. The number of amides is 1. The zero-order chi connectivity index (χ0) is 17.6. The molecule has 2 heterocycles. The van der Waals surface area contributed by atoms with Gasteiger partial charge in [0.2, 0.25) is 0 Å². The van der Waals surface area contributed by atoms with Crippen molar-refractivity contribution in [3.8, 4) is 11.3 Å². The van der Waals surface area contributed by atoms with Crippen molar-refractivity contribution < 1.29 is 14.3 Å². The van der Waals surface area contributed by atoms with Crippen molar-refractivity contribution in [3.63, 3.8) is 0 Å². The minimum absolute atomic E-state index is 0.00815. The van der Waals surface area contributed by atoms with E-state index in [9.17, 15) is 4.79 Å². The van der Waals surface area contributed by atoms with E-state index in [-0.39, 0.29) is 12.0 Å². The number of halogens is 1. The number of methoxy groups -OCH3 is 1. The Hall–Kier alpha value is -1.70. The molecule has 0 atom stereocenters. The minimum atomic E-state index is -0.00815. The Morgan fingerprint density at radius 3 is 2.68 bits per heavy atom. The molecule has 2 aromatic rings. The van der Waals surface area contributed by atoms with Gasteiger partial charge in [-0.05, 0) is 31.0 Å². The Morgan fingerprint density at radius 1 is 1.28 bits per heavy atom. The predicted molar refractivity (Wildman–Crippen MR) is 98.5 cm³/mol. The van der Waals surface area contributed by atoms with Gasteiger partial charge in [0.25, 0.3) is 5.91 Å². The molecule has 1 aromatic carbocycles. The number of ether oxygens (including phenoxy) is 2. The fourth-order valence-corrected chi connectivity index (χ4v) is 3.16. The van der Waals surface area contributed by atoms with E-state index >= 15 is 0 Å². The minimum Gasteiger partial charge on any atom is -0.382 e. The van der Waals surface area contributed by atoms with Gasteiger partial charge in [0.15, 0.2) is 0 Å². The summed E-state index contributed by atoms with van der Waals surface area (Å²) in [7, 11) is 1.66. The summed E-state index contributed by atoms with van der Waals surface area (Å²) in [5.74, 6) is -0.00815. The first kappa shape index (κ1) is 18.1. The average molecular weight is 408 g/mol. The molecular weight excluding hydrogens is 386 g/mol. The summed E-state index contributed by atoms with van der Waals surface area (Å²) < 4.78 is 11.7. The highest BCUT2D eigenvalue weighted by Crippen LogP contribution is 2.22. The summed E-state index contributed by atoms with van der Waals surface area (Å²) >= 11 is 3.42. The normalized spacial score (nSPS) is 15.5. The van der Waals surface area contributed by atoms with Crippen molar-refractivity contribution in [2.75, 3.05) is 33.4 Å². The summed E-state index contributed by atoms with van der Waals surface area (Å²) in [5, 5.41) is 7.14. The van der Waals surface area contributed by atoms with E-state index in [1.54, 1.807) is 7.11 Å². The fraction of sp³-hybridized carbons (Fsp3) is 0.444. The van der Waals surface area contributed by atoms with Gasteiger partial charge in [-0.2, -0.15) is 5.10 Å². The molecule has 1 fully saturated rings. The van der Waals surface area contributed by atoms with Crippen LogP contribution in [0.5, 0.6) is 0 Å². The second-order valence-electron chi connectivity index (χ2n) is 6.03. The van der Waals surface area contributed by atoms with E-state index in [4.69, 9.17) is 9.47 Å². The molecule has 134 valence electrons. The van der Waals surface area contributed by atoms with E-state index in [0.717, 1.165) is 28.6 Å². The molecule has 1 N–H and O–H groups in total. The monoisotopic (exact) mass is 407 g/mol. The molecule has 1 saturated heterocycles. The lowest BCUT2D eigenvalue weighted by molar-refractivity contribution is -0.0123. The molecular formula is C18H22BrN3O3. The van der Waals surface area contributed by atoms with Crippen molar-refractivity contribution in [1.82, 2.24) is 15.1 Å². The second-order valence-corrected chi connectivity index (χ2v) is 6.94. The number of hydrogen-bond donors (Lipinski definition) is 1. The molecule has 0 bridgehead atoms. The maximum Gasteiger partial charge on any atom is 0.271 e. The number of nitrogens with zero attached hydrogens (tertiary/aromatic N) is 2. The number of carbonyl (C=O) groups is 1. The predicted octanol–water partition coefficient (Wildman–Crippen LogP) is 3.11. The third kappa shape index (κ3) is 4.68.